The van der Waals surface area contributed by atoms with Crippen LogP contribution in [0.15, 0.2) is 16.9 Å². The van der Waals surface area contributed by atoms with Gasteiger partial charge in [-0.2, -0.15) is 0 Å². The minimum Gasteiger partial charge on any atom is -0.364 e. The van der Waals surface area contributed by atoms with Crippen LogP contribution in [0.5, 0.6) is 0 Å². The number of carbonyl (C=O) groups excluding carboxylic acids is 1. The zero-order valence-corrected chi connectivity index (χ0v) is 9.06. The molecule has 1 saturated heterocycles. The van der Waals surface area contributed by atoms with Crippen molar-refractivity contribution in [3.63, 3.8) is 0 Å². The molecule has 2 rings (SSSR count). The van der Waals surface area contributed by atoms with E-state index < -0.39 is 5.79 Å². The van der Waals surface area contributed by atoms with E-state index in [-0.39, 0.29) is 11.6 Å². The maximum absolute atomic E-state index is 11.5. The molecular formula is C10H14N2O4. The second-order valence-electron chi connectivity index (χ2n) is 3.72. The Morgan fingerprint density at radius 3 is 2.94 bits per heavy atom. The lowest BCUT2D eigenvalue weighted by atomic mass is 10.2. The third-order valence-corrected chi connectivity index (χ3v) is 2.43. The summed E-state index contributed by atoms with van der Waals surface area (Å²) in [5, 5.41) is 6.25. The highest BCUT2D eigenvalue weighted by Gasteiger charge is 2.30. The molecule has 0 bridgehead atoms. The van der Waals surface area contributed by atoms with Crippen molar-refractivity contribution in [2.45, 2.75) is 19.1 Å². The molecule has 0 unspecified atom stereocenters. The summed E-state index contributed by atoms with van der Waals surface area (Å²) in [4.78, 5) is 11.5. The summed E-state index contributed by atoms with van der Waals surface area (Å²) in [6.45, 7) is 3.55. The van der Waals surface area contributed by atoms with Gasteiger partial charge in [-0.1, -0.05) is 5.16 Å². The highest BCUT2D eigenvalue weighted by atomic mass is 16.7. The molecule has 0 spiro atoms. The van der Waals surface area contributed by atoms with Gasteiger partial charge in [-0.05, 0) is 6.92 Å². The Bertz CT molecular complexity index is 344. The molecule has 0 aliphatic carbocycles. The Kier molecular flexibility index (Phi) is 3.21. The second-order valence-corrected chi connectivity index (χ2v) is 3.72. The maximum Gasteiger partial charge on any atom is 0.273 e. The topological polar surface area (TPSA) is 73.6 Å². The van der Waals surface area contributed by atoms with Crippen molar-refractivity contribution in [2.75, 3.05) is 19.8 Å². The zero-order chi connectivity index (χ0) is 11.4. The van der Waals surface area contributed by atoms with E-state index in [1.54, 1.807) is 0 Å². The van der Waals surface area contributed by atoms with Crippen LogP contribution < -0.4 is 5.32 Å². The minimum absolute atomic E-state index is 0.254. The van der Waals surface area contributed by atoms with Gasteiger partial charge < -0.3 is 19.3 Å². The summed E-state index contributed by atoms with van der Waals surface area (Å²) in [6, 6.07) is 1.51. The monoisotopic (exact) mass is 226 g/mol. The van der Waals surface area contributed by atoms with Crippen molar-refractivity contribution in [1.82, 2.24) is 10.5 Å². The van der Waals surface area contributed by atoms with Gasteiger partial charge in [0.2, 0.25) is 0 Å². The summed E-state index contributed by atoms with van der Waals surface area (Å²) in [6.07, 6.45) is 1.97. The van der Waals surface area contributed by atoms with Crippen LogP contribution >= 0.6 is 0 Å². The summed E-state index contributed by atoms with van der Waals surface area (Å²) < 4.78 is 15.4. The Labute approximate surface area is 92.9 Å². The summed E-state index contributed by atoms with van der Waals surface area (Å²) in [7, 11) is 0. The fraction of sp³-hybridized carbons (Fsp3) is 0.600. The molecule has 0 radical (unpaired) electrons. The number of nitrogens with zero attached hydrogens (tertiary/aromatic N) is 1. The van der Waals surface area contributed by atoms with Crippen LogP contribution in [0.4, 0.5) is 0 Å². The van der Waals surface area contributed by atoms with Gasteiger partial charge in [0.15, 0.2) is 11.5 Å². The van der Waals surface area contributed by atoms with E-state index in [1.165, 1.54) is 12.3 Å². The third kappa shape index (κ3) is 2.59. The van der Waals surface area contributed by atoms with Crippen molar-refractivity contribution in [3.05, 3.63) is 18.0 Å². The van der Waals surface area contributed by atoms with Gasteiger partial charge in [0.1, 0.15) is 6.26 Å². The number of ether oxygens (including phenoxy) is 2. The number of rotatable bonds is 4. The normalized spacial score (nSPS) is 18.6. The summed E-state index contributed by atoms with van der Waals surface area (Å²) >= 11 is 0. The van der Waals surface area contributed by atoms with E-state index >= 15 is 0 Å². The number of nitrogens with one attached hydrogen (secondary N) is 1. The molecule has 6 nitrogen and oxygen atoms in total. The van der Waals surface area contributed by atoms with Crippen LogP contribution in [0.2, 0.25) is 0 Å². The first-order chi connectivity index (χ1) is 7.70. The molecule has 88 valence electrons. The Balaban J connectivity index is 1.74. The highest BCUT2D eigenvalue weighted by molar-refractivity contribution is 5.91. The molecule has 2 heterocycles. The predicted molar refractivity (Wildman–Crippen MR) is 53.8 cm³/mol. The minimum atomic E-state index is -0.572. The molecule has 1 fully saturated rings. The van der Waals surface area contributed by atoms with Crippen LogP contribution in [-0.2, 0) is 9.47 Å². The molecule has 1 N–H and O–H groups in total. The van der Waals surface area contributed by atoms with Gasteiger partial charge in [-0.25, -0.2) is 0 Å². The molecule has 1 aromatic rings. The maximum atomic E-state index is 11.5. The Morgan fingerprint density at radius 1 is 1.56 bits per heavy atom. The molecule has 1 aromatic heterocycles. The van der Waals surface area contributed by atoms with Crippen LogP contribution in [0, 0.1) is 0 Å². The van der Waals surface area contributed by atoms with E-state index in [0.717, 1.165) is 0 Å². The molecule has 0 saturated carbocycles. The standard InChI is InChI=1S/C10H14N2O4/c1-10(14-6-7-15-10)3-4-11-9(13)8-2-5-16-12-8/h2,5H,3-4,6-7H2,1H3,(H,11,13). The first-order valence-electron chi connectivity index (χ1n) is 5.16. The van der Waals surface area contributed by atoms with E-state index in [1.807, 2.05) is 6.92 Å². The van der Waals surface area contributed by atoms with Gasteiger partial charge in [-0.15, -0.1) is 0 Å². The van der Waals surface area contributed by atoms with E-state index in [0.29, 0.717) is 26.2 Å². The first kappa shape index (κ1) is 11.1. The van der Waals surface area contributed by atoms with Gasteiger partial charge in [0, 0.05) is 19.0 Å². The van der Waals surface area contributed by atoms with Crippen molar-refractivity contribution < 1.29 is 18.8 Å². The second kappa shape index (κ2) is 4.63. The number of aromatic nitrogens is 1. The highest BCUT2D eigenvalue weighted by Crippen LogP contribution is 2.21. The predicted octanol–water partition coefficient (Wildman–Crippen LogP) is 0.558. The fourth-order valence-electron chi connectivity index (χ4n) is 1.52. The Hall–Kier alpha value is -1.40. The fourth-order valence-corrected chi connectivity index (χ4v) is 1.52. The molecule has 1 amide bonds. The first-order valence-corrected chi connectivity index (χ1v) is 5.16. The van der Waals surface area contributed by atoms with Crippen LogP contribution in [0.1, 0.15) is 23.8 Å². The molecule has 1 aliphatic rings. The molecule has 6 heteroatoms. The van der Waals surface area contributed by atoms with Gasteiger partial charge in [0.25, 0.3) is 5.91 Å². The van der Waals surface area contributed by atoms with Gasteiger partial charge >= 0.3 is 0 Å². The van der Waals surface area contributed by atoms with E-state index in [4.69, 9.17) is 9.47 Å². The van der Waals surface area contributed by atoms with Crippen LogP contribution in [0.3, 0.4) is 0 Å². The van der Waals surface area contributed by atoms with Crippen molar-refractivity contribution in [2.24, 2.45) is 0 Å². The Morgan fingerprint density at radius 2 is 2.31 bits per heavy atom. The number of hydrogen-bond acceptors (Lipinski definition) is 5. The summed E-state index contributed by atoms with van der Waals surface area (Å²) in [5.74, 6) is -0.827. The lowest BCUT2D eigenvalue weighted by Crippen LogP contribution is -2.33. The molecule has 0 aromatic carbocycles. The van der Waals surface area contributed by atoms with Crippen LogP contribution in [0.25, 0.3) is 0 Å². The van der Waals surface area contributed by atoms with Gasteiger partial charge in [0.05, 0.1) is 13.2 Å². The van der Waals surface area contributed by atoms with Crippen molar-refractivity contribution >= 4 is 5.91 Å². The average molecular weight is 226 g/mol. The lowest BCUT2D eigenvalue weighted by Gasteiger charge is -2.21. The van der Waals surface area contributed by atoms with E-state index in [2.05, 4.69) is 15.0 Å². The third-order valence-electron chi connectivity index (χ3n) is 2.43. The molecule has 16 heavy (non-hydrogen) atoms. The quantitative estimate of drug-likeness (QED) is 0.811. The SMILES string of the molecule is CC1(CCNC(=O)c2ccon2)OCCO1. The largest absolute Gasteiger partial charge is 0.364 e. The zero-order valence-electron chi connectivity index (χ0n) is 9.06. The lowest BCUT2D eigenvalue weighted by molar-refractivity contribution is -0.145. The van der Waals surface area contributed by atoms with Gasteiger partial charge in [-0.3, -0.25) is 4.79 Å². The van der Waals surface area contributed by atoms with E-state index in [9.17, 15) is 4.79 Å². The smallest absolute Gasteiger partial charge is 0.273 e. The molecule has 1 aliphatic heterocycles. The number of carbonyl (C=O) groups is 1. The average Bonchev–Trinajstić information content (AvgIpc) is 2.88. The van der Waals surface area contributed by atoms with Crippen molar-refractivity contribution in [1.29, 1.82) is 0 Å². The summed E-state index contributed by atoms with van der Waals surface area (Å²) in [5.41, 5.74) is 0.276. The molecule has 0 atom stereocenters. The van der Waals surface area contributed by atoms with Crippen molar-refractivity contribution in [3.8, 4) is 0 Å². The molecular weight excluding hydrogens is 212 g/mol. The van der Waals surface area contributed by atoms with Crippen LogP contribution in [-0.4, -0.2) is 36.6 Å². The number of amides is 1. The number of hydrogen-bond donors (Lipinski definition) is 1.